The van der Waals surface area contributed by atoms with Gasteiger partial charge < -0.3 is 0 Å². The number of rotatable bonds is 3. The molecule has 0 unspecified atom stereocenters. The van der Waals surface area contributed by atoms with Crippen molar-refractivity contribution in [3.05, 3.63) is 169 Å². The van der Waals surface area contributed by atoms with Gasteiger partial charge in [0, 0.05) is 5.41 Å². The summed E-state index contributed by atoms with van der Waals surface area (Å²) in [6.07, 6.45) is 0. The van der Waals surface area contributed by atoms with Crippen molar-refractivity contribution in [1.29, 1.82) is 0 Å². The van der Waals surface area contributed by atoms with Crippen LogP contribution in [0.25, 0.3) is 76.8 Å². The zero-order valence-electron chi connectivity index (χ0n) is 25.5. The van der Waals surface area contributed by atoms with Crippen LogP contribution in [0, 0.1) is 0 Å². The molecule has 0 saturated heterocycles. The molecule has 0 saturated carbocycles. The molecule has 0 aliphatic heterocycles. The Morgan fingerprint density at radius 1 is 0.356 bits per heavy atom. The molecule has 0 heterocycles. The van der Waals surface area contributed by atoms with Gasteiger partial charge in [0.15, 0.2) is 0 Å². The van der Waals surface area contributed by atoms with Crippen molar-refractivity contribution < 1.29 is 0 Å². The van der Waals surface area contributed by atoms with Gasteiger partial charge in [-0.2, -0.15) is 0 Å². The highest BCUT2D eigenvalue weighted by molar-refractivity contribution is 6.22. The van der Waals surface area contributed by atoms with Crippen LogP contribution in [0.5, 0.6) is 0 Å². The average Bonchev–Trinajstić information content (AvgIpc) is 3.33. The van der Waals surface area contributed by atoms with E-state index in [2.05, 4.69) is 172 Å². The molecule has 1 aliphatic rings. The van der Waals surface area contributed by atoms with Crippen LogP contribution < -0.4 is 0 Å². The van der Waals surface area contributed by atoms with E-state index in [0.29, 0.717) is 0 Å². The summed E-state index contributed by atoms with van der Waals surface area (Å²) in [5, 5.41) is 7.79. The molecule has 0 bridgehead atoms. The maximum Gasteiger partial charge on any atom is 0.0165 e. The number of hydrogen-bond acceptors (Lipinski definition) is 0. The fourth-order valence-corrected chi connectivity index (χ4v) is 8.07. The quantitative estimate of drug-likeness (QED) is 0.185. The molecule has 212 valence electrons. The van der Waals surface area contributed by atoms with Gasteiger partial charge in [-0.3, -0.25) is 0 Å². The molecule has 0 radical (unpaired) electrons. The second-order valence-electron chi connectivity index (χ2n) is 12.8. The smallest absolute Gasteiger partial charge is 0.0165 e. The summed E-state index contributed by atoms with van der Waals surface area (Å²) in [4.78, 5) is 0. The molecule has 0 fully saturated rings. The van der Waals surface area contributed by atoms with Gasteiger partial charge in [0.1, 0.15) is 0 Å². The second kappa shape index (κ2) is 9.78. The molecule has 45 heavy (non-hydrogen) atoms. The summed E-state index contributed by atoms with van der Waals surface area (Å²) < 4.78 is 0. The molecule has 0 nitrogen and oxygen atoms in total. The van der Waals surface area contributed by atoms with Crippen LogP contribution in [0.4, 0.5) is 0 Å². The first kappa shape index (κ1) is 26.0. The Morgan fingerprint density at radius 3 is 1.60 bits per heavy atom. The van der Waals surface area contributed by atoms with Gasteiger partial charge in [-0.05, 0) is 94.0 Å². The fourth-order valence-electron chi connectivity index (χ4n) is 8.07. The van der Waals surface area contributed by atoms with Crippen molar-refractivity contribution in [2.45, 2.75) is 19.3 Å². The first-order chi connectivity index (χ1) is 22.1. The van der Waals surface area contributed by atoms with Crippen LogP contribution in [0.15, 0.2) is 158 Å². The molecule has 0 amide bonds. The van der Waals surface area contributed by atoms with E-state index in [1.54, 1.807) is 0 Å². The first-order valence-electron chi connectivity index (χ1n) is 15.9. The summed E-state index contributed by atoms with van der Waals surface area (Å²) in [6, 6.07) is 58.3. The Bertz CT molecular complexity index is 2390. The zero-order valence-corrected chi connectivity index (χ0v) is 25.5. The Kier molecular flexibility index (Phi) is 5.64. The van der Waals surface area contributed by atoms with Crippen LogP contribution in [-0.4, -0.2) is 0 Å². The fraction of sp³-hybridized carbons (Fsp3) is 0.0667. The van der Waals surface area contributed by atoms with Crippen molar-refractivity contribution in [3.8, 4) is 44.5 Å². The predicted molar refractivity (Wildman–Crippen MR) is 193 cm³/mol. The second-order valence-corrected chi connectivity index (χ2v) is 12.8. The molecule has 8 aromatic rings. The first-order valence-corrected chi connectivity index (χ1v) is 15.9. The van der Waals surface area contributed by atoms with Gasteiger partial charge in [-0.25, -0.2) is 0 Å². The van der Waals surface area contributed by atoms with Crippen LogP contribution in [-0.2, 0) is 5.41 Å². The third-order valence-corrected chi connectivity index (χ3v) is 10.0. The monoisotopic (exact) mass is 572 g/mol. The highest BCUT2D eigenvalue weighted by Crippen LogP contribution is 2.53. The summed E-state index contributed by atoms with van der Waals surface area (Å²) in [6.45, 7) is 4.76. The van der Waals surface area contributed by atoms with Gasteiger partial charge in [-0.15, -0.1) is 0 Å². The van der Waals surface area contributed by atoms with Crippen LogP contribution in [0.3, 0.4) is 0 Å². The Morgan fingerprint density at radius 2 is 0.911 bits per heavy atom. The van der Waals surface area contributed by atoms with Gasteiger partial charge in [0.25, 0.3) is 0 Å². The maximum absolute atomic E-state index is 2.46. The highest BCUT2D eigenvalue weighted by Gasteiger charge is 2.37. The Hall–Kier alpha value is -5.46. The van der Waals surface area contributed by atoms with Crippen molar-refractivity contribution in [3.63, 3.8) is 0 Å². The minimum Gasteiger partial charge on any atom is -0.0622 e. The molecule has 8 aromatic carbocycles. The number of benzene rings is 8. The van der Waals surface area contributed by atoms with E-state index in [1.807, 2.05) is 0 Å². The predicted octanol–water partition coefficient (Wildman–Crippen LogP) is 12.5. The lowest BCUT2D eigenvalue weighted by Crippen LogP contribution is -2.15. The van der Waals surface area contributed by atoms with Gasteiger partial charge >= 0.3 is 0 Å². The molecule has 1 aliphatic carbocycles. The molecule has 0 heteroatoms. The van der Waals surface area contributed by atoms with Gasteiger partial charge in [0.05, 0.1) is 0 Å². The van der Waals surface area contributed by atoms with E-state index in [0.717, 1.165) is 0 Å². The third-order valence-electron chi connectivity index (χ3n) is 10.0. The number of hydrogen-bond donors (Lipinski definition) is 0. The highest BCUT2D eigenvalue weighted by atomic mass is 14.4. The van der Waals surface area contributed by atoms with E-state index < -0.39 is 0 Å². The van der Waals surface area contributed by atoms with Gasteiger partial charge in [-0.1, -0.05) is 166 Å². The van der Waals surface area contributed by atoms with E-state index in [4.69, 9.17) is 0 Å². The molecule has 0 N–H and O–H groups in total. The molecular weight excluding hydrogens is 540 g/mol. The standard InChI is InChI=1S/C45H32/c1-45(2)41-27-25-31(28-40(41)39-26-24-30-16-6-7-18-33(30)44(39)45)42-35-20-10-12-22-37(35)43(38-23-13-11-21-36(38)42)34-19-9-8-17-32(34)29-14-4-3-5-15-29/h3-28H,1-2H3. The molecule has 0 aromatic heterocycles. The zero-order chi connectivity index (χ0) is 30.1. The normalized spacial score (nSPS) is 13.3. The lowest BCUT2D eigenvalue weighted by Gasteiger charge is -2.23. The van der Waals surface area contributed by atoms with Crippen molar-refractivity contribution in [1.82, 2.24) is 0 Å². The van der Waals surface area contributed by atoms with E-state index in [1.165, 1.54) is 88.0 Å². The molecule has 9 rings (SSSR count). The van der Waals surface area contributed by atoms with Crippen LogP contribution in [0.1, 0.15) is 25.0 Å². The third kappa shape index (κ3) is 3.79. The van der Waals surface area contributed by atoms with Crippen molar-refractivity contribution in [2.24, 2.45) is 0 Å². The van der Waals surface area contributed by atoms with Crippen LogP contribution in [0.2, 0.25) is 0 Å². The lowest BCUT2D eigenvalue weighted by molar-refractivity contribution is 0.666. The van der Waals surface area contributed by atoms with Crippen molar-refractivity contribution in [2.75, 3.05) is 0 Å². The van der Waals surface area contributed by atoms with Crippen molar-refractivity contribution >= 4 is 32.3 Å². The topological polar surface area (TPSA) is 0 Å². The summed E-state index contributed by atoms with van der Waals surface area (Å²) in [5.41, 5.74) is 13.1. The number of fused-ring (bicyclic) bond motifs is 7. The van der Waals surface area contributed by atoms with E-state index >= 15 is 0 Å². The molecular formula is C45H32. The summed E-state index contributed by atoms with van der Waals surface area (Å²) >= 11 is 0. The van der Waals surface area contributed by atoms with E-state index in [9.17, 15) is 0 Å². The minimum atomic E-state index is -0.0702. The Balaban J connectivity index is 1.34. The lowest BCUT2D eigenvalue weighted by atomic mass is 9.79. The summed E-state index contributed by atoms with van der Waals surface area (Å²) in [7, 11) is 0. The van der Waals surface area contributed by atoms with Gasteiger partial charge in [0.2, 0.25) is 0 Å². The van der Waals surface area contributed by atoms with Crippen LogP contribution >= 0.6 is 0 Å². The average molecular weight is 573 g/mol. The maximum atomic E-state index is 2.46. The molecule has 0 spiro atoms. The van der Waals surface area contributed by atoms with E-state index in [-0.39, 0.29) is 5.41 Å². The Labute approximate surface area is 264 Å². The minimum absolute atomic E-state index is 0.0702. The SMILES string of the molecule is CC1(C)c2ccc(-c3c4ccccc4c(-c4ccccc4-c4ccccc4)c4ccccc34)cc2-c2ccc3ccccc3c21. The molecule has 0 atom stereocenters. The largest absolute Gasteiger partial charge is 0.0622 e. The summed E-state index contributed by atoms with van der Waals surface area (Å²) in [5.74, 6) is 0.